The Morgan fingerprint density at radius 1 is 1.16 bits per heavy atom. The molecule has 2 aromatic heterocycles. The highest BCUT2D eigenvalue weighted by atomic mass is 32.2. The molecule has 25 heavy (non-hydrogen) atoms. The average Bonchev–Trinajstić information content (AvgIpc) is 3.16. The van der Waals surface area contributed by atoms with Gasteiger partial charge in [-0.1, -0.05) is 17.3 Å². The molecule has 0 aliphatic rings. The van der Waals surface area contributed by atoms with Gasteiger partial charge in [-0.3, -0.25) is 4.72 Å². The summed E-state index contributed by atoms with van der Waals surface area (Å²) >= 11 is 0.800. The molecule has 0 aliphatic heterocycles. The van der Waals surface area contributed by atoms with Crippen molar-refractivity contribution in [3.8, 4) is 10.6 Å². The molecule has 10 heteroatoms. The largest absolute Gasteiger partial charge is 0.452 e. The van der Waals surface area contributed by atoms with Crippen molar-refractivity contribution in [3.63, 3.8) is 0 Å². The van der Waals surface area contributed by atoms with Crippen LogP contribution in [0.25, 0.3) is 10.6 Å². The number of aryl methyl sites for hydroxylation is 1. The maximum atomic E-state index is 12.6. The van der Waals surface area contributed by atoms with E-state index in [1.807, 2.05) is 13.0 Å². The number of halogens is 3. The third-order valence-electron chi connectivity index (χ3n) is 3.16. The van der Waals surface area contributed by atoms with E-state index in [0.717, 1.165) is 23.0 Å². The van der Waals surface area contributed by atoms with Crippen LogP contribution in [0.15, 0.2) is 51.2 Å². The highest BCUT2D eigenvalue weighted by Gasteiger charge is 2.36. The highest BCUT2D eigenvalue weighted by Crippen LogP contribution is 2.35. The van der Waals surface area contributed by atoms with Crippen LogP contribution in [-0.4, -0.2) is 13.6 Å². The lowest BCUT2D eigenvalue weighted by molar-refractivity contribution is -0.155. The first-order valence-electron chi connectivity index (χ1n) is 6.89. The summed E-state index contributed by atoms with van der Waals surface area (Å²) in [5.74, 6) is -1.24. The summed E-state index contributed by atoms with van der Waals surface area (Å²) < 4.78 is 69.1. The topological polar surface area (TPSA) is 72.2 Å². The van der Waals surface area contributed by atoms with Gasteiger partial charge in [0.1, 0.15) is 9.90 Å². The standard InChI is InChI=1S/C15H11F3N2O3S2/c1-9-3-2-4-10(7-9)20-25(21,22)14-6-5-12(24-14)11-8-13(23-19-11)15(16,17)18/h2-8,20H,1H3. The predicted molar refractivity (Wildman–Crippen MR) is 86.8 cm³/mol. The average molecular weight is 388 g/mol. The number of nitrogens with one attached hydrogen (secondary N) is 1. The highest BCUT2D eigenvalue weighted by molar-refractivity contribution is 7.94. The van der Waals surface area contributed by atoms with Crippen molar-refractivity contribution in [2.75, 3.05) is 4.72 Å². The number of sulfonamides is 1. The van der Waals surface area contributed by atoms with Crippen LogP contribution in [0.1, 0.15) is 11.3 Å². The molecule has 3 aromatic rings. The van der Waals surface area contributed by atoms with Gasteiger partial charge in [-0.05, 0) is 36.8 Å². The number of rotatable bonds is 4. The van der Waals surface area contributed by atoms with Crippen LogP contribution >= 0.6 is 11.3 Å². The molecule has 132 valence electrons. The zero-order valence-corrected chi connectivity index (χ0v) is 14.3. The first kappa shape index (κ1) is 17.5. The summed E-state index contributed by atoms with van der Waals surface area (Å²) in [5.41, 5.74) is 1.21. The van der Waals surface area contributed by atoms with E-state index >= 15 is 0 Å². The third kappa shape index (κ3) is 3.85. The third-order valence-corrected chi connectivity index (χ3v) is 6.14. The first-order valence-corrected chi connectivity index (χ1v) is 9.19. The Labute approximate surface area is 145 Å². The number of nitrogens with zero attached hydrogens (tertiary/aromatic N) is 1. The molecule has 5 nitrogen and oxygen atoms in total. The van der Waals surface area contributed by atoms with Crippen molar-refractivity contribution in [3.05, 3.63) is 53.8 Å². The molecule has 0 radical (unpaired) electrons. The van der Waals surface area contributed by atoms with Crippen LogP contribution in [0.5, 0.6) is 0 Å². The molecule has 0 bridgehead atoms. The molecule has 1 N–H and O–H groups in total. The summed E-state index contributed by atoms with van der Waals surface area (Å²) in [6, 6.07) is 10.2. The van der Waals surface area contributed by atoms with Gasteiger partial charge in [0.15, 0.2) is 0 Å². The van der Waals surface area contributed by atoms with E-state index in [0.29, 0.717) is 5.69 Å². The lowest BCUT2D eigenvalue weighted by atomic mass is 10.2. The number of thiophene rings is 1. The fraction of sp³-hybridized carbons (Fsp3) is 0.133. The fourth-order valence-corrected chi connectivity index (χ4v) is 4.35. The Morgan fingerprint density at radius 3 is 2.56 bits per heavy atom. The van der Waals surface area contributed by atoms with Crippen molar-refractivity contribution >= 4 is 27.0 Å². The molecule has 3 rings (SSSR count). The van der Waals surface area contributed by atoms with E-state index < -0.39 is 22.0 Å². The van der Waals surface area contributed by atoms with E-state index in [9.17, 15) is 21.6 Å². The van der Waals surface area contributed by atoms with E-state index in [1.54, 1.807) is 18.2 Å². The van der Waals surface area contributed by atoms with Gasteiger partial charge in [0.2, 0.25) is 5.76 Å². The molecule has 0 saturated carbocycles. The van der Waals surface area contributed by atoms with E-state index in [2.05, 4.69) is 14.4 Å². The van der Waals surface area contributed by atoms with Gasteiger partial charge in [0.25, 0.3) is 10.0 Å². The summed E-state index contributed by atoms with van der Waals surface area (Å²) in [6.07, 6.45) is -4.65. The molecule has 2 heterocycles. The quantitative estimate of drug-likeness (QED) is 0.713. The smallest absolute Gasteiger partial charge is 0.351 e. The Morgan fingerprint density at radius 2 is 1.92 bits per heavy atom. The Balaban J connectivity index is 1.86. The zero-order chi connectivity index (χ0) is 18.2. The van der Waals surface area contributed by atoms with Crippen molar-refractivity contribution in [1.82, 2.24) is 5.16 Å². The first-order chi connectivity index (χ1) is 11.6. The van der Waals surface area contributed by atoms with E-state index in [-0.39, 0.29) is 14.8 Å². The van der Waals surface area contributed by atoms with E-state index in [1.165, 1.54) is 12.1 Å². The monoisotopic (exact) mass is 388 g/mol. The van der Waals surface area contributed by atoms with Crippen LogP contribution in [-0.2, 0) is 16.2 Å². The molecular formula is C15H11F3N2O3S2. The predicted octanol–water partition coefficient (Wildman–Crippen LogP) is 4.53. The minimum atomic E-state index is -4.65. The number of hydrogen-bond donors (Lipinski definition) is 1. The molecule has 0 spiro atoms. The van der Waals surface area contributed by atoms with Gasteiger partial charge < -0.3 is 4.52 Å². The molecule has 1 aromatic carbocycles. The van der Waals surface area contributed by atoms with Crippen LogP contribution in [0.3, 0.4) is 0 Å². The van der Waals surface area contributed by atoms with Crippen LogP contribution < -0.4 is 4.72 Å². The second-order valence-corrected chi connectivity index (χ2v) is 8.16. The number of anilines is 1. The molecule has 0 unspecified atom stereocenters. The van der Waals surface area contributed by atoms with Gasteiger partial charge in [0.05, 0.1) is 4.88 Å². The maximum absolute atomic E-state index is 12.6. The molecule has 0 amide bonds. The second-order valence-electron chi connectivity index (χ2n) is 5.17. The molecule has 0 saturated heterocycles. The second kappa shape index (κ2) is 6.19. The van der Waals surface area contributed by atoms with Crippen molar-refractivity contribution in [2.24, 2.45) is 0 Å². The number of aromatic nitrogens is 1. The zero-order valence-electron chi connectivity index (χ0n) is 12.7. The van der Waals surface area contributed by atoms with Crippen molar-refractivity contribution in [1.29, 1.82) is 0 Å². The van der Waals surface area contributed by atoms with Crippen molar-refractivity contribution in [2.45, 2.75) is 17.3 Å². The SMILES string of the molecule is Cc1cccc(NS(=O)(=O)c2ccc(-c3cc(C(F)(F)F)on3)s2)c1. The van der Waals surface area contributed by atoms with Gasteiger partial charge in [-0.2, -0.15) is 13.2 Å². The molecule has 0 atom stereocenters. The summed E-state index contributed by atoms with van der Waals surface area (Å²) in [5, 5.41) is 3.34. The Hall–Kier alpha value is -2.33. The summed E-state index contributed by atoms with van der Waals surface area (Å²) in [7, 11) is -3.85. The van der Waals surface area contributed by atoms with Crippen LogP contribution in [0.2, 0.25) is 0 Å². The van der Waals surface area contributed by atoms with Crippen LogP contribution in [0.4, 0.5) is 18.9 Å². The fourth-order valence-electron chi connectivity index (χ4n) is 2.04. The van der Waals surface area contributed by atoms with Gasteiger partial charge in [-0.15, -0.1) is 11.3 Å². The summed E-state index contributed by atoms with van der Waals surface area (Å²) in [6.45, 7) is 1.82. The molecule has 0 aliphatic carbocycles. The van der Waals surface area contributed by atoms with Gasteiger partial charge in [0, 0.05) is 11.8 Å². The Bertz CT molecular complexity index is 1010. The minimum absolute atomic E-state index is 0.0411. The minimum Gasteiger partial charge on any atom is -0.351 e. The number of hydrogen-bond acceptors (Lipinski definition) is 5. The molecule has 0 fully saturated rings. The number of alkyl halides is 3. The van der Waals surface area contributed by atoms with Crippen molar-refractivity contribution < 1.29 is 26.1 Å². The maximum Gasteiger partial charge on any atom is 0.452 e. The Kier molecular flexibility index (Phi) is 4.33. The van der Waals surface area contributed by atoms with Gasteiger partial charge in [-0.25, -0.2) is 8.42 Å². The van der Waals surface area contributed by atoms with Gasteiger partial charge >= 0.3 is 6.18 Å². The lowest BCUT2D eigenvalue weighted by Gasteiger charge is -2.06. The summed E-state index contributed by atoms with van der Waals surface area (Å²) in [4.78, 5) is 0.254. The lowest BCUT2D eigenvalue weighted by Crippen LogP contribution is -2.11. The normalized spacial score (nSPS) is 12.3. The van der Waals surface area contributed by atoms with E-state index in [4.69, 9.17) is 0 Å². The molecular weight excluding hydrogens is 377 g/mol. The van der Waals surface area contributed by atoms with Crippen LogP contribution in [0, 0.1) is 6.92 Å². The number of benzene rings is 1.